The molecule has 2 aromatic rings. The molecule has 0 unspecified atom stereocenters. The van der Waals surface area contributed by atoms with Crippen LogP contribution >= 0.6 is 0 Å². The second kappa shape index (κ2) is 5.64. The van der Waals surface area contributed by atoms with Crippen LogP contribution in [0.3, 0.4) is 0 Å². The first kappa shape index (κ1) is 11.9. The van der Waals surface area contributed by atoms with Crippen molar-refractivity contribution in [1.82, 2.24) is 14.9 Å². The summed E-state index contributed by atoms with van der Waals surface area (Å²) >= 11 is 0. The standard InChI is InChI=1S/C14H19N3/c1-3-15-10-14-8-5-9-17(14)11-13-7-4-6-12(2)16-13/h4-9,15H,3,10-11H2,1-2H3. The summed E-state index contributed by atoms with van der Waals surface area (Å²) in [5.74, 6) is 0. The maximum absolute atomic E-state index is 4.53. The minimum Gasteiger partial charge on any atom is -0.344 e. The first-order valence-electron chi connectivity index (χ1n) is 6.07. The molecule has 3 heteroatoms. The summed E-state index contributed by atoms with van der Waals surface area (Å²) in [5.41, 5.74) is 3.48. The Bertz CT molecular complexity index is 474. The summed E-state index contributed by atoms with van der Waals surface area (Å²) in [6.45, 7) is 6.90. The van der Waals surface area contributed by atoms with Gasteiger partial charge in [-0.1, -0.05) is 13.0 Å². The molecule has 0 aliphatic rings. The predicted octanol–water partition coefficient (Wildman–Crippen LogP) is 2.35. The monoisotopic (exact) mass is 229 g/mol. The van der Waals surface area contributed by atoms with Gasteiger partial charge >= 0.3 is 0 Å². The highest BCUT2D eigenvalue weighted by molar-refractivity contribution is 5.14. The van der Waals surface area contributed by atoms with E-state index >= 15 is 0 Å². The Morgan fingerprint density at radius 2 is 2.12 bits per heavy atom. The van der Waals surface area contributed by atoms with Crippen molar-refractivity contribution in [3.63, 3.8) is 0 Å². The van der Waals surface area contributed by atoms with Crippen LogP contribution < -0.4 is 5.32 Å². The van der Waals surface area contributed by atoms with Crippen molar-refractivity contribution in [3.05, 3.63) is 53.6 Å². The minimum absolute atomic E-state index is 0.843. The molecule has 0 spiro atoms. The Morgan fingerprint density at radius 3 is 2.88 bits per heavy atom. The van der Waals surface area contributed by atoms with Crippen LogP contribution in [0.15, 0.2) is 36.5 Å². The lowest BCUT2D eigenvalue weighted by Crippen LogP contribution is -2.15. The second-order valence-electron chi connectivity index (χ2n) is 4.18. The summed E-state index contributed by atoms with van der Waals surface area (Å²) < 4.78 is 2.24. The number of pyridine rings is 1. The minimum atomic E-state index is 0.843. The Morgan fingerprint density at radius 1 is 1.24 bits per heavy atom. The molecular formula is C14H19N3. The number of rotatable bonds is 5. The number of hydrogen-bond acceptors (Lipinski definition) is 2. The van der Waals surface area contributed by atoms with Crippen molar-refractivity contribution >= 4 is 0 Å². The van der Waals surface area contributed by atoms with Gasteiger partial charge in [-0.2, -0.15) is 0 Å². The summed E-state index contributed by atoms with van der Waals surface area (Å²) in [6, 6.07) is 10.4. The van der Waals surface area contributed by atoms with Gasteiger partial charge in [0.2, 0.25) is 0 Å². The van der Waals surface area contributed by atoms with Gasteiger partial charge in [0, 0.05) is 24.1 Å². The van der Waals surface area contributed by atoms with Crippen LogP contribution in [-0.2, 0) is 13.1 Å². The average molecular weight is 229 g/mol. The van der Waals surface area contributed by atoms with Crippen LogP contribution in [0.4, 0.5) is 0 Å². The van der Waals surface area contributed by atoms with Gasteiger partial charge in [0.1, 0.15) is 0 Å². The molecule has 2 rings (SSSR count). The average Bonchev–Trinajstić information content (AvgIpc) is 2.74. The number of nitrogens with zero attached hydrogens (tertiary/aromatic N) is 2. The zero-order chi connectivity index (χ0) is 12.1. The fraction of sp³-hybridized carbons (Fsp3) is 0.357. The lowest BCUT2D eigenvalue weighted by molar-refractivity contribution is 0.651. The van der Waals surface area contributed by atoms with Crippen molar-refractivity contribution in [3.8, 4) is 0 Å². The largest absolute Gasteiger partial charge is 0.344 e. The lowest BCUT2D eigenvalue weighted by Gasteiger charge is -2.09. The fourth-order valence-electron chi connectivity index (χ4n) is 1.88. The molecular weight excluding hydrogens is 210 g/mol. The molecule has 0 saturated heterocycles. The SMILES string of the molecule is CCNCc1cccn1Cc1cccc(C)n1. The van der Waals surface area contributed by atoms with Crippen LogP contribution in [0.5, 0.6) is 0 Å². The molecule has 17 heavy (non-hydrogen) atoms. The third kappa shape index (κ3) is 3.17. The molecule has 0 aliphatic heterocycles. The Kier molecular flexibility index (Phi) is 3.94. The summed E-state index contributed by atoms with van der Waals surface area (Å²) in [7, 11) is 0. The smallest absolute Gasteiger partial charge is 0.0645 e. The van der Waals surface area contributed by atoms with Gasteiger partial charge in [-0.15, -0.1) is 0 Å². The van der Waals surface area contributed by atoms with E-state index in [1.165, 1.54) is 5.69 Å². The van der Waals surface area contributed by atoms with E-state index in [-0.39, 0.29) is 0 Å². The first-order chi connectivity index (χ1) is 8.29. The van der Waals surface area contributed by atoms with Gasteiger partial charge in [-0.05, 0) is 37.7 Å². The van der Waals surface area contributed by atoms with E-state index in [0.29, 0.717) is 0 Å². The molecule has 0 bridgehead atoms. The third-order valence-electron chi connectivity index (χ3n) is 2.76. The predicted molar refractivity (Wildman–Crippen MR) is 69.9 cm³/mol. The first-order valence-corrected chi connectivity index (χ1v) is 6.07. The highest BCUT2D eigenvalue weighted by atomic mass is 15.0. The van der Waals surface area contributed by atoms with Crippen molar-refractivity contribution in [2.45, 2.75) is 26.9 Å². The van der Waals surface area contributed by atoms with Crippen LogP contribution in [0.2, 0.25) is 0 Å². The van der Waals surface area contributed by atoms with Gasteiger partial charge in [0.25, 0.3) is 0 Å². The van der Waals surface area contributed by atoms with Crippen molar-refractivity contribution in [1.29, 1.82) is 0 Å². The van der Waals surface area contributed by atoms with E-state index in [1.807, 2.05) is 13.0 Å². The molecule has 0 aromatic carbocycles. The molecule has 1 N–H and O–H groups in total. The van der Waals surface area contributed by atoms with Crippen LogP contribution in [0.1, 0.15) is 24.0 Å². The summed E-state index contributed by atoms with van der Waals surface area (Å²) in [4.78, 5) is 4.53. The van der Waals surface area contributed by atoms with E-state index in [4.69, 9.17) is 0 Å². The Hall–Kier alpha value is -1.61. The van der Waals surface area contributed by atoms with Gasteiger partial charge in [-0.25, -0.2) is 0 Å². The number of nitrogens with one attached hydrogen (secondary N) is 1. The quantitative estimate of drug-likeness (QED) is 0.853. The van der Waals surface area contributed by atoms with Crippen LogP contribution in [0, 0.1) is 6.92 Å². The molecule has 90 valence electrons. The van der Waals surface area contributed by atoms with Gasteiger partial charge < -0.3 is 9.88 Å². The summed E-state index contributed by atoms with van der Waals surface area (Å²) in [5, 5.41) is 3.35. The zero-order valence-electron chi connectivity index (χ0n) is 10.5. The Balaban J connectivity index is 2.10. The number of aromatic nitrogens is 2. The van der Waals surface area contributed by atoms with Crippen molar-refractivity contribution in [2.75, 3.05) is 6.54 Å². The van der Waals surface area contributed by atoms with E-state index < -0.39 is 0 Å². The molecule has 0 aliphatic carbocycles. The summed E-state index contributed by atoms with van der Waals surface area (Å²) in [6.07, 6.45) is 2.11. The maximum Gasteiger partial charge on any atom is 0.0645 e. The molecule has 0 saturated carbocycles. The van der Waals surface area contributed by atoms with Crippen LogP contribution in [0.25, 0.3) is 0 Å². The van der Waals surface area contributed by atoms with Crippen molar-refractivity contribution < 1.29 is 0 Å². The molecule has 0 atom stereocenters. The maximum atomic E-state index is 4.53. The highest BCUT2D eigenvalue weighted by Crippen LogP contribution is 2.06. The third-order valence-corrected chi connectivity index (χ3v) is 2.76. The molecule has 0 amide bonds. The molecule has 3 nitrogen and oxygen atoms in total. The molecule has 0 radical (unpaired) electrons. The number of aryl methyl sites for hydroxylation is 1. The fourth-order valence-corrected chi connectivity index (χ4v) is 1.88. The normalized spacial score (nSPS) is 10.7. The Labute approximate surface area is 103 Å². The number of hydrogen-bond donors (Lipinski definition) is 1. The molecule has 2 aromatic heterocycles. The molecule has 0 fully saturated rings. The topological polar surface area (TPSA) is 29.9 Å². The van der Waals surface area contributed by atoms with Gasteiger partial charge in [-0.3, -0.25) is 4.98 Å². The molecule has 2 heterocycles. The van der Waals surface area contributed by atoms with Crippen LogP contribution in [-0.4, -0.2) is 16.1 Å². The van der Waals surface area contributed by atoms with E-state index in [0.717, 1.165) is 31.0 Å². The van der Waals surface area contributed by atoms with Crippen molar-refractivity contribution in [2.24, 2.45) is 0 Å². The van der Waals surface area contributed by atoms with E-state index in [2.05, 4.69) is 52.3 Å². The highest BCUT2D eigenvalue weighted by Gasteiger charge is 2.02. The van der Waals surface area contributed by atoms with E-state index in [9.17, 15) is 0 Å². The lowest BCUT2D eigenvalue weighted by atomic mass is 10.3. The van der Waals surface area contributed by atoms with Gasteiger partial charge in [0.15, 0.2) is 0 Å². The second-order valence-corrected chi connectivity index (χ2v) is 4.18. The zero-order valence-corrected chi connectivity index (χ0v) is 10.5. The van der Waals surface area contributed by atoms with E-state index in [1.54, 1.807) is 0 Å². The van der Waals surface area contributed by atoms with Gasteiger partial charge in [0.05, 0.1) is 12.2 Å².